The molecule has 102 valence electrons. The molecule has 0 radical (unpaired) electrons. The molecule has 0 aliphatic heterocycles. The highest BCUT2D eigenvalue weighted by Crippen LogP contribution is 2.14. The van der Waals surface area contributed by atoms with E-state index in [4.69, 9.17) is 5.26 Å². The second-order valence-corrected chi connectivity index (χ2v) is 5.10. The smallest absolute Gasteiger partial charge is 0.275 e. The van der Waals surface area contributed by atoms with Crippen LogP contribution in [-0.4, -0.2) is 4.57 Å². The summed E-state index contributed by atoms with van der Waals surface area (Å²) in [6, 6.07) is 15.6. The summed E-state index contributed by atoms with van der Waals surface area (Å²) in [4.78, 5) is 12.2. The van der Waals surface area contributed by atoms with Crippen LogP contribution < -0.4 is 10.3 Å². The standard InChI is InChI=1S/C15H15N3OS/c1-12-7-8-14(15(19)18(12)10-9-16)17-20-11-13-5-3-2-4-6-13/h2-8,17H,10-11H2,1H3. The number of anilines is 1. The Hall–Kier alpha value is -2.19. The maximum Gasteiger partial charge on any atom is 0.275 e. The third-order valence-electron chi connectivity index (χ3n) is 2.89. The second-order valence-electron chi connectivity index (χ2n) is 4.31. The molecule has 20 heavy (non-hydrogen) atoms. The zero-order valence-corrected chi connectivity index (χ0v) is 12.0. The van der Waals surface area contributed by atoms with E-state index in [0.717, 1.165) is 11.4 Å². The highest BCUT2D eigenvalue weighted by atomic mass is 32.2. The van der Waals surface area contributed by atoms with Crippen molar-refractivity contribution in [3.63, 3.8) is 0 Å². The summed E-state index contributed by atoms with van der Waals surface area (Å²) < 4.78 is 4.53. The summed E-state index contributed by atoms with van der Waals surface area (Å²) in [5.74, 6) is 0.770. The van der Waals surface area contributed by atoms with Crippen molar-refractivity contribution in [3.05, 3.63) is 64.1 Å². The molecule has 0 spiro atoms. The van der Waals surface area contributed by atoms with E-state index in [9.17, 15) is 4.79 Å². The minimum atomic E-state index is -0.160. The molecule has 1 N–H and O–H groups in total. The lowest BCUT2D eigenvalue weighted by Gasteiger charge is -2.10. The van der Waals surface area contributed by atoms with Crippen LogP contribution in [0.5, 0.6) is 0 Å². The van der Waals surface area contributed by atoms with Gasteiger partial charge in [-0.3, -0.25) is 9.36 Å². The van der Waals surface area contributed by atoms with Crippen LogP contribution in [0.2, 0.25) is 0 Å². The van der Waals surface area contributed by atoms with Gasteiger partial charge in [-0.15, -0.1) is 0 Å². The van der Waals surface area contributed by atoms with E-state index < -0.39 is 0 Å². The number of hydrogen-bond acceptors (Lipinski definition) is 4. The molecule has 1 aromatic carbocycles. The number of nitrogens with one attached hydrogen (secondary N) is 1. The molecule has 4 nitrogen and oxygen atoms in total. The molecule has 2 aromatic rings. The Labute approximate surface area is 122 Å². The number of nitriles is 1. The van der Waals surface area contributed by atoms with Crippen molar-refractivity contribution in [2.45, 2.75) is 19.2 Å². The highest BCUT2D eigenvalue weighted by molar-refractivity contribution is 7.99. The van der Waals surface area contributed by atoms with E-state index in [-0.39, 0.29) is 12.1 Å². The molecule has 1 heterocycles. The van der Waals surface area contributed by atoms with Crippen LogP contribution in [0.1, 0.15) is 11.3 Å². The molecule has 5 heteroatoms. The van der Waals surface area contributed by atoms with E-state index in [1.165, 1.54) is 22.1 Å². The molecular formula is C15H15N3OS. The summed E-state index contributed by atoms with van der Waals surface area (Å²) in [7, 11) is 0. The number of hydrogen-bond donors (Lipinski definition) is 1. The van der Waals surface area contributed by atoms with E-state index in [1.807, 2.05) is 49.4 Å². The van der Waals surface area contributed by atoms with Crippen molar-refractivity contribution in [1.29, 1.82) is 5.26 Å². The summed E-state index contributed by atoms with van der Waals surface area (Å²) in [6.45, 7) is 1.89. The lowest BCUT2D eigenvalue weighted by atomic mass is 10.2. The molecule has 0 bridgehead atoms. The van der Waals surface area contributed by atoms with Gasteiger partial charge in [0, 0.05) is 11.4 Å². The van der Waals surface area contributed by atoms with Crippen LogP contribution in [0.15, 0.2) is 47.3 Å². The molecule has 0 amide bonds. The minimum absolute atomic E-state index is 0.0730. The van der Waals surface area contributed by atoms with Gasteiger partial charge in [0.25, 0.3) is 5.56 Å². The summed E-state index contributed by atoms with van der Waals surface area (Å²) in [6.07, 6.45) is 0. The van der Waals surface area contributed by atoms with E-state index in [1.54, 1.807) is 6.07 Å². The van der Waals surface area contributed by atoms with Crippen molar-refractivity contribution in [3.8, 4) is 6.07 Å². The second kappa shape index (κ2) is 6.83. The maximum absolute atomic E-state index is 12.2. The fourth-order valence-corrected chi connectivity index (χ4v) is 2.53. The first-order valence-corrected chi connectivity index (χ1v) is 7.20. The number of aryl methyl sites for hydroxylation is 1. The van der Waals surface area contributed by atoms with Gasteiger partial charge in [0.15, 0.2) is 0 Å². The molecule has 0 atom stereocenters. The molecular weight excluding hydrogens is 270 g/mol. The van der Waals surface area contributed by atoms with Gasteiger partial charge in [0.1, 0.15) is 12.2 Å². The van der Waals surface area contributed by atoms with Gasteiger partial charge in [0.05, 0.1) is 6.07 Å². The first-order valence-electron chi connectivity index (χ1n) is 6.21. The van der Waals surface area contributed by atoms with Gasteiger partial charge in [-0.2, -0.15) is 5.26 Å². The van der Waals surface area contributed by atoms with Gasteiger partial charge in [0.2, 0.25) is 0 Å². The number of nitrogens with zero attached hydrogens (tertiary/aromatic N) is 2. The quantitative estimate of drug-likeness (QED) is 0.858. The normalized spacial score (nSPS) is 10.0. The van der Waals surface area contributed by atoms with Gasteiger partial charge < -0.3 is 4.72 Å². The molecule has 0 saturated carbocycles. The Morgan fingerprint density at radius 1 is 1.25 bits per heavy atom. The molecule has 0 aliphatic carbocycles. The topological polar surface area (TPSA) is 57.8 Å². The first-order chi connectivity index (χ1) is 9.72. The number of benzene rings is 1. The zero-order valence-electron chi connectivity index (χ0n) is 11.2. The van der Waals surface area contributed by atoms with Crippen LogP contribution in [0.3, 0.4) is 0 Å². The lowest BCUT2D eigenvalue weighted by Crippen LogP contribution is -2.23. The molecule has 0 unspecified atom stereocenters. The van der Waals surface area contributed by atoms with Crippen LogP contribution >= 0.6 is 11.9 Å². The van der Waals surface area contributed by atoms with Gasteiger partial charge >= 0.3 is 0 Å². The fraction of sp³-hybridized carbons (Fsp3) is 0.200. The van der Waals surface area contributed by atoms with Gasteiger partial charge in [-0.1, -0.05) is 30.3 Å². The zero-order chi connectivity index (χ0) is 14.4. The van der Waals surface area contributed by atoms with Crippen molar-refractivity contribution >= 4 is 17.6 Å². The van der Waals surface area contributed by atoms with Crippen molar-refractivity contribution in [2.75, 3.05) is 4.72 Å². The van der Waals surface area contributed by atoms with Crippen LogP contribution in [0.4, 0.5) is 5.69 Å². The monoisotopic (exact) mass is 285 g/mol. The van der Waals surface area contributed by atoms with Gasteiger partial charge in [-0.25, -0.2) is 0 Å². The van der Waals surface area contributed by atoms with Crippen LogP contribution in [0.25, 0.3) is 0 Å². The third-order valence-corrected chi connectivity index (χ3v) is 3.73. The Kier molecular flexibility index (Phi) is 4.85. The Morgan fingerprint density at radius 2 is 2.00 bits per heavy atom. The average Bonchev–Trinajstić information content (AvgIpc) is 2.47. The summed E-state index contributed by atoms with van der Waals surface area (Å²) >= 11 is 1.46. The van der Waals surface area contributed by atoms with Crippen LogP contribution in [-0.2, 0) is 12.3 Å². The predicted octanol–water partition coefficient (Wildman–Crippen LogP) is 2.94. The molecule has 1 aromatic heterocycles. The predicted molar refractivity (Wildman–Crippen MR) is 82.4 cm³/mol. The fourth-order valence-electron chi connectivity index (χ4n) is 1.79. The minimum Gasteiger partial charge on any atom is -0.325 e. The summed E-state index contributed by atoms with van der Waals surface area (Å²) in [5.41, 5.74) is 2.32. The molecule has 0 fully saturated rings. The lowest BCUT2D eigenvalue weighted by molar-refractivity contribution is 0.758. The van der Waals surface area contributed by atoms with E-state index >= 15 is 0 Å². The number of rotatable bonds is 5. The Bertz CT molecular complexity index is 674. The maximum atomic E-state index is 12.2. The Balaban J connectivity index is 2.05. The average molecular weight is 285 g/mol. The SMILES string of the molecule is Cc1ccc(NSCc2ccccc2)c(=O)n1CC#N. The number of pyridine rings is 1. The first kappa shape index (κ1) is 14.2. The largest absolute Gasteiger partial charge is 0.325 e. The van der Waals surface area contributed by atoms with Crippen molar-refractivity contribution < 1.29 is 0 Å². The molecule has 0 aliphatic rings. The highest BCUT2D eigenvalue weighted by Gasteiger charge is 2.05. The number of aromatic nitrogens is 1. The molecule has 0 saturated heterocycles. The van der Waals surface area contributed by atoms with Crippen molar-refractivity contribution in [1.82, 2.24) is 4.57 Å². The Morgan fingerprint density at radius 3 is 2.70 bits per heavy atom. The third kappa shape index (κ3) is 3.43. The van der Waals surface area contributed by atoms with Crippen molar-refractivity contribution in [2.24, 2.45) is 0 Å². The van der Waals surface area contributed by atoms with Gasteiger partial charge in [-0.05, 0) is 36.6 Å². The molecule has 2 rings (SSSR count). The van der Waals surface area contributed by atoms with E-state index in [2.05, 4.69) is 4.72 Å². The van der Waals surface area contributed by atoms with E-state index in [0.29, 0.717) is 5.69 Å². The summed E-state index contributed by atoms with van der Waals surface area (Å²) in [5, 5.41) is 8.75. The van der Waals surface area contributed by atoms with Crippen LogP contribution in [0, 0.1) is 18.3 Å².